The number of ether oxygens (including phenoxy) is 1. The van der Waals surface area contributed by atoms with Crippen molar-refractivity contribution in [2.75, 3.05) is 18.5 Å². The molecule has 3 aromatic rings. The molecule has 118 valence electrons. The van der Waals surface area contributed by atoms with Crippen molar-refractivity contribution in [3.63, 3.8) is 0 Å². The van der Waals surface area contributed by atoms with E-state index >= 15 is 0 Å². The van der Waals surface area contributed by atoms with Crippen molar-refractivity contribution in [2.45, 2.75) is 13.3 Å². The van der Waals surface area contributed by atoms with Gasteiger partial charge in [-0.05, 0) is 31.0 Å². The number of thiophene rings is 1. The van der Waals surface area contributed by atoms with Gasteiger partial charge in [-0.15, -0.1) is 11.3 Å². The number of nitrogens with zero attached hydrogens (tertiary/aromatic N) is 1. The van der Waals surface area contributed by atoms with Crippen LogP contribution in [0.4, 0.5) is 5.82 Å². The number of hydrogen-bond donors (Lipinski definition) is 1. The molecule has 0 saturated carbocycles. The number of carbonyl (C=O) groups excluding carboxylic acids is 1. The third kappa shape index (κ3) is 3.68. The number of rotatable bonds is 6. The fraction of sp³-hybridized carbons (Fsp3) is 0.222. The van der Waals surface area contributed by atoms with Crippen LogP contribution in [0, 0.1) is 0 Å². The molecular formula is C18H18N2O2S. The Kier molecular flexibility index (Phi) is 4.88. The van der Waals surface area contributed by atoms with Gasteiger partial charge in [0.15, 0.2) is 0 Å². The van der Waals surface area contributed by atoms with E-state index in [1.165, 1.54) is 16.9 Å². The fourth-order valence-corrected chi connectivity index (χ4v) is 3.33. The summed E-state index contributed by atoms with van der Waals surface area (Å²) < 4.78 is 6.10. The van der Waals surface area contributed by atoms with E-state index in [0.29, 0.717) is 11.5 Å². The summed E-state index contributed by atoms with van der Waals surface area (Å²) in [5.41, 5.74) is 1.28. The Balaban J connectivity index is 1.74. The van der Waals surface area contributed by atoms with E-state index in [-0.39, 0.29) is 5.97 Å². The molecule has 0 spiro atoms. The Morgan fingerprint density at radius 3 is 2.87 bits per heavy atom. The molecule has 5 heteroatoms. The first-order chi connectivity index (χ1) is 11.3. The second-order valence-electron chi connectivity index (χ2n) is 5.06. The molecule has 3 rings (SSSR count). The van der Waals surface area contributed by atoms with Gasteiger partial charge in [0.2, 0.25) is 0 Å². The largest absolute Gasteiger partial charge is 0.462 e. The van der Waals surface area contributed by atoms with Crippen LogP contribution in [0.3, 0.4) is 0 Å². The average molecular weight is 326 g/mol. The van der Waals surface area contributed by atoms with Crippen molar-refractivity contribution >= 4 is 33.2 Å². The van der Waals surface area contributed by atoms with E-state index in [2.05, 4.69) is 22.4 Å². The molecule has 0 amide bonds. The zero-order valence-electron chi connectivity index (χ0n) is 12.9. The fourth-order valence-electron chi connectivity index (χ4n) is 2.38. The molecule has 0 atom stereocenters. The van der Waals surface area contributed by atoms with Crippen LogP contribution in [0.1, 0.15) is 22.2 Å². The lowest BCUT2D eigenvalue weighted by molar-refractivity contribution is 0.0532. The molecule has 0 unspecified atom stereocenters. The van der Waals surface area contributed by atoms with E-state index in [9.17, 15) is 4.79 Å². The summed E-state index contributed by atoms with van der Waals surface area (Å²) in [5.74, 6) is 0.536. The first-order valence-corrected chi connectivity index (χ1v) is 8.43. The van der Waals surface area contributed by atoms with Crippen molar-refractivity contribution in [3.8, 4) is 0 Å². The number of carbonyl (C=O) groups is 1. The van der Waals surface area contributed by atoms with Gasteiger partial charge in [0.1, 0.15) is 10.7 Å². The topological polar surface area (TPSA) is 51.2 Å². The Labute approximate surface area is 139 Å². The van der Waals surface area contributed by atoms with Gasteiger partial charge in [0.25, 0.3) is 0 Å². The molecule has 4 nitrogen and oxygen atoms in total. The molecule has 0 aliphatic rings. The molecule has 0 aliphatic carbocycles. The van der Waals surface area contributed by atoms with Crippen molar-refractivity contribution in [1.82, 2.24) is 4.98 Å². The number of nitrogens with one attached hydrogen (secondary N) is 1. The molecule has 0 saturated heterocycles. The summed E-state index contributed by atoms with van der Waals surface area (Å²) in [6.07, 6.45) is 2.69. The maximum Gasteiger partial charge on any atom is 0.348 e. The molecular weight excluding hydrogens is 308 g/mol. The second-order valence-corrected chi connectivity index (χ2v) is 6.15. The maximum absolute atomic E-state index is 11.9. The normalized spacial score (nSPS) is 10.7. The first kappa shape index (κ1) is 15.5. The van der Waals surface area contributed by atoms with Crippen LogP contribution < -0.4 is 5.32 Å². The smallest absolute Gasteiger partial charge is 0.348 e. The lowest BCUT2D eigenvalue weighted by atomic mass is 10.1. The SMILES string of the molecule is CCOC(=O)c1cc2c(NCCc3ccccc3)nccc2s1. The van der Waals surface area contributed by atoms with Gasteiger partial charge in [-0.3, -0.25) is 0 Å². The molecule has 2 aromatic heterocycles. The van der Waals surface area contributed by atoms with Gasteiger partial charge in [0.05, 0.1) is 6.61 Å². The molecule has 0 bridgehead atoms. The molecule has 1 aromatic carbocycles. The van der Waals surface area contributed by atoms with Crippen LogP contribution in [-0.2, 0) is 11.2 Å². The predicted octanol–water partition coefficient (Wildman–Crippen LogP) is 4.13. The second kappa shape index (κ2) is 7.24. The monoisotopic (exact) mass is 326 g/mol. The highest BCUT2D eigenvalue weighted by Gasteiger charge is 2.13. The lowest BCUT2D eigenvalue weighted by Gasteiger charge is -2.06. The highest BCUT2D eigenvalue weighted by atomic mass is 32.1. The van der Waals surface area contributed by atoms with Crippen LogP contribution in [-0.4, -0.2) is 24.1 Å². The predicted molar refractivity (Wildman–Crippen MR) is 94.2 cm³/mol. The van der Waals surface area contributed by atoms with Crippen LogP contribution in [0.25, 0.3) is 10.1 Å². The van der Waals surface area contributed by atoms with Gasteiger partial charge in [-0.2, -0.15) is 0 Å². The standard InChI is InChI=1S/C18H18N2O2S/c1-2-22-18(21)16-12-14-15(23-16)9-11-20-17(14)19-10-8-13-6-4-3-5-7-13/h3-7,9,11-12H,2,8,10H2,1H3,(H,19,20). The van der Waals surface area contributed by atoms with Crippen molar-refractivity contribution in [3.05, 3.63) is 59.1 Å². The summed E-state index contributed by atoms with van der Waals surface area (Å²) in [5, 5.41) is 4.33. The number of anilines is 1. The Bertz CT molecular complexity index is 799. The number of pyridine rings is 1. The highest BCUT2D eigenvalue weighted by Crippen LogP contribution is 2.30. The Hall–Kier alpha value is -2.40. The van der Waals surface area contributed by atoms with Gasteiger partial charge >= 0.3 is 5.97 Å². The van der Waals surface area contributed by atoms with Gasteiger partial charge in [-0.1, -0.05) is 30.3 Å². The lowest BCUT2D eigenvalue weighted by Crippen LogP contribution is -2.06. The number of esters is 1. The van der Waals surface area contributed by atoms with Crippen molar-refractivity contribution in [2.24, 2.45) is 0 Å². The van der Waals surface area contributed by atoms with Gasteiger partial charge in [-0.25, -0.2) is 9.78 Å². The summed E-state index contributed by atoms with van der Waals surface area (Å²) in [4.78, 5) is 16.9. The van der Waals surface area contributed by atoms with E-state index in [1.54, 1.807) is 6.20 Å². The van der Waals surface area contributed by atoms with Crippen LogP contribution in [0.15, 0.2) is 48.7 Å². The zero-order chi connectivity index (χ0) is 16.1. The first-order valence-electron chi connectivity index (χ1n) is 7.61. The quantitative estimate of drug-likeness (QED) is 0.692. The third-order valence-corrected chi connectivity index (χ3v) is 4.55. The molecule has 0 aliphatic heterocycles. The zero-order valence-corrected chi connectivity index (χ0v) is 13.7. The summed E-state index contributed by atoms with van der Waals surface area (Å²) in [7, 11) is 0. The molecule has 0 fully saturated rings. The van der Waals surface area contributed by atoms with Crippen LogP contribution >= 0.6 is 11.3 Å². The highest BCUT2D eigenvalue weighted by molar-refractivity contribution is 7.20. The molecule has 23 heavy (non-hydrogen) atoms. The summed E-state index contributed by atoms with van der Waals surface area (Å²) >= 11 is 1.43. The van der Waals surface area contributed by atoms with E-state index in [0.717, 1.165) is 28.9 Å². The van der Waals surface area contributed by atoms with E-state index in [4.69, 9.17) is 4.74 Å². The van der Waals surface area contributed by atoms with Crippen molar-refractivity contribution in [1.29, 1.82) is 0 Å². The minimum absolute atomic E-state index is 0.274. The Morgan fingerprint density at radius 1 is 1.26 bits per heavy atom. The van der Waals surface area contributed by atoms with Gasteiger partial charge in [0, 0.05) is 22.8 Å². The van der Waals surface area contributed by atoms with E-state index < -0.39 is 0 Å². The summed E-state index contributed by atoms with van der Waals surface area (Å²) in [6, 6.07) is 14.1. The van der Waals surface area contributed by atoms with Gasteiger partial charge < -0.3 is 10.1 Å². The number of fused-ring (bicyclic) bond motifs is 1. The third-order valence-electron chi connectivity index (χ3n) is 3.47. The summed E-state index contributed by atoms with van der Waals surface area (Å²) in [6.45, 7) is 2.98. The molecule has 2 heterocycles. The maximum atomic E-state index is 11.9. The number of benzene rings is 1. The van der Waals surface area contributed by atoms with Crippen LogP contribution in [0.2, 0.25) is 0 Å². The molecule has 1 N–H and O–H groups in total. The van der Waals surface area contributed by atoms with Crippen molar-refractivity contribution < 1.29 is 9.53 Å². The minimum Gasteiger partial charge on any atom is -0.462 e. The average Bonchev–Trinajstić information content (AvgIpc) is 3.01. The Morgan fingerprint density at radius 2 is 2.09 bits per heavy atom. The molecule has 0 radical (unpaired) electrons. The number of aromatic nitrogens is 1. The minimum atomic E-state index is -0.274. The number of hydrogen-bond acceptors (Lipinski definition) is 5. The van der Waals surface area contributed by atoms with Crippen LogP contribution in [0.5, 0.6) is 0 Å². The van der Waals surface area contributed by atoms with E-state index in [1.807, 2.05) is 37.3 Å².